The van der Waals surface area contributed by atoms with Crippen LogP contribution < -0.4 is 15.1 Å². The predicted octanol–water partition coefficient (Wildman–Crippen LogP) is 3.38. The summed E-state index contributed by atoms with van der Waals surface area (Å²) in [6.07, 6.45) is 3.69. The van der Waals surface area contributed by atoms with Crippen LogP contribution in [-0.2, 0) is 13.1 Å². The number of fused-ring (bicyclic) bond motifs is 1. The molecule has 0 saturated heterocycles. The number of hydrogen-bond donors (Lipinski definition) is 1. The molecule has 0 bridgehead atoms. The van der Waals surface area contributed by atoms with Gasteiger partial charge < -0.3 is 14.4 Å². The van der Waals surface area contributed by atoms with Gasteiger partial charge in [0.2, 0.25) is 0 Å². The molecule has 0 saturated carbocycles. The first kappa shape index (κ1) is 18.9. The van der Waals surface area contributed by atoms with Crippen molar-refractivity contribution >= 4 is 16.7 Å². The van der Waals surface area contributed by atoms with Crippen LogP contribution in [-0.4, -0.2) is 18.8 Å². The zero-order valence-electron chi connectivity index (χ0n) is 16.3. The number of aliphatic hydroxyl groups excluding tert-OH is 1. The van der Waals surface area contributed by atoms with Crippen LogP contribution in [0.15, 0.2) is 88.3 Å². The second-order valence-corrected chi connectivity index (χ2v) is 7.06. The highest BCUT2D eigenvalue weighted by molar-refractivity contribution is 5.84. The minimum Gasteiger partial charge on any atom is -0.422 e. The van der Waals surface area contributed by atoms with Crippen molar-refractivity contribution in [3.8, 4) is 11.1 Å². The Morgan fingerprint density at radius 2 is 1.76 bits per heavy atom. The summed E-state index contributed by atoms with van der Waals surface area (Å²) >= 11 is 0. The molecule has 4 aromatic rings. The molecule has 0 aliphatic heterocycles. The first-order valence-electron chi connectivity index (χ1n) is 9.57. The van der Waals surface area contributed by atoms with Crippen molar-refractivity contribution in [3.05, 3.63) is 95.1 Å². The van der Waals surface area contributed by atoms with Crippen molar-refractivity contribution in [2.24, 2.45) is 0 Å². The van der Waals surface area contributed by atoms with E-state index in [9.17, 15) is 4.79 Å². The van der Waals surface area contributed by atoms with Gasteiger partial charge in [-0.2, -0.15) is 0 Å². The van der Waals surface area contributed by atoms with Gasteiger partial charge in [0.1, 0.15) is 12.2 Å². The molecule has 4 rings (SSSR count). The molecular weight excluding hydrogens is 364 g/mol. The number of rotatable bonds is 6. The number of anilines is 1. The van der Waals surface area contributed by atoms with Gasteiger partial charge in [0.05, 0.1) is 5.56 Å². The van der Waals surface area contributed by atoms with E-state index in [0.717, 1.165) is 23.2 Å². The summed E-state index contributed by atoms with van der Waals surface area (Å²) in [5, 5.41) is 9.90. The molecule has 0 amide bonds. The lowest BCUT2D eigenvalue weighted by Gasteiger charge is -2.19. The van der Waals surface area contributed by atoms with Gasteiger partial charge in [-0.05, 0) is 23.8 Å². The minimum atomic E-state index is -0.361. The maximum atomic E-state index is 12.6. The third-order valence-electron chi connectivity index (χ3n) is 4.98. The number of aromatic nitrogens is 1. The second kappa shape index (κ2) is 8.29. The van der Waals surface area contributed by atoms with Crippen molar-refractivity contribution in [1.29, 1.82) is 0 Å². The predicted molar refractivity (Wildman–Crippen MR) is 114 cm³/mol. The van der Waals surface area contributed by atoms with Gasteiger partial charge in [-0.3, -0.25) is 0 Å². The van der Waals surface area contributed by atoms with Crippen molar-refractivity contribution < 1.29 is 14.1 Å². The molecule has 5 nitrogen and oxygen atoms in total. The third kappa shape index (κ3) is 4.20. The summed E-state index contributed by atoms with van der Waals surface area (Å²) < 4.78 is 7.50. The maximum Gasteiger partial charge on any atom is 0.344 e. The Hall–Kier alpha value is -3.44. The second-order valence-electron chi connectivity index (χ2n) is 7.06. The lowest BCUT2D eigenvalue weighted by Crippen LogP contribution is -2.34. The minimum absolute atomic E-state index is 0.0726. The molecule has 0 fully saturated rings. The molecule has 0 aliphatic rings. The van der Waals surface area contributed by atoms with Gasteiger partial charge in [0.15, 0.2) is 18.9 Å². The van der Waals surface area contributed by atoms with Gasteiger partial charge in [0.25, 0.3) is 0 Å². The smallest absolute Gasteiger partial charge is 0.344 e. The summed E-state index contributed by atoms with van der Waals surface area (Å²) in [6, 6.07) is 21.7. The van der Waals surface area contributed by atoms with E-state index in [0.29, 0.717) is 17.7 Å². The third-order valence-corrected chi connectivity index (χ3v) is 4.98. The largest absolute Gasteiger partial charge is 0.422 e. The van der Waals surface area contributed by atoms with E-state index >= 15 is 0 Å². The van der Waals surface area contributed by atoms with E-state index in [4.69, 9.17) is 9.52 Å². The van der Waals surface area contributed by atoms with E-state index in [-0.39, 0.29) is 12.2 Å². The van der Waals surface area contributed by atoms with Crippen LogP contribution in [0.2, 0.25) is 0 Å². The van der Waals surface area contributed by atoms with Crippen molar-refractivity contribution in [2.45, 2.75) is 13.1 Å². The Bertz CT molecular complexity index is 1170. The van der Waals surface area contributed by atoms with E-state index in [1.165, 1.54) is 5.56 Å². The van der Waals surface area contributed by atoms with Crippen LogP contribution >= 0.6 is 0 Å². The van der Waals surface area contributed by atoms with E-state index in [2.05, 4.69) is 17.0 Å². The van der Waals surface area contributed by atoms with E-state index in [1.807, 2.05) is 78.6 Å². The normalized spacial score (nSPS) is 11.0. The van der Waals surface area contributed by atoms with Crippen molar-refractivity contribution in [1.82, 2.24) is 0 Å². The monoisotopic (exact) mass is 387 g/mol. The molecule has 2 aromatic heterocycles. The number of aliphatic hydroxyl groups is 1. The summed E-state index contributed by atoms with van der Waals surface area (Å²) in [4.78, 5) is 14.7. The zero-order valence-corrected chi connectivity index (χ0v) is 16.3. The zero-order chi connectivity index (χ0) is 20.2. The highest BCUT2D eigenvalue weighted by atomic mass is 16.4. The molecule has 29 heavy (non-hydrogen) atoms. The van der Waals surface area contributed by atoms with Crippen LogP contribution in [0, 0.1) is 0 Å². The molecule has 2 aromatic carbocycles. The van der Waals surface area contributed by atoms with Crippen LogP contribution in [0.25, 0.3) is 22.1 Å². The SMILES string of the molecule is CN(Cc1ccccc1)c1ccc2cc(-c3cc[n+](CCO)cc3)c(=O)oc2c1. The molecule has 0 unspecified atom stereocenters. The molecule has 146 valence electrons. The highest BCUT2D eigenvalue weighted by Gasteiger charge is 2.11. The van der Waals surface area contributed by atoms with Gasteiger partial charge in [-0.15, -0.1) is 0 Å². The molecule has 1 N–H and O–H groups in total. The maximum absolute atomic E-state index is 12.6. The fourth-order valence-electron chi connectivity index (χ4n) is 3.39. The summed E-state index contributed by atoms with van der Waals surface area (Å²) in [7, 11) is 2.02. The van der Waals surface area contributed by atoms with E-state index in [1.54, 1.807) is 0 Å². The Balaban J connectivity index is 1.63. The molecule has 5 heteroatoms. The van der Waals surface area contributed by atoms with Gasteiger partial charge in [0, 0.05) is 48.4 Å². The molecule has 0 aliphatic carbocycles. The fourth-order valence-corrected chi connectivity index (χ4v) is 3.39. The first-order valence-corrected chi connectivity index (χ1v) is 9.57. The Labute approximate surface area is 169 Å². The number of benzene rings is 2. The topological polar surface area (TPSA) is 57.6 Å². The Morgan fingerprint density at radius 1 is 1.00 bits per heavy atom. The van der Waals surface area contributed by atoms with Crippen LogP contribution in [0.5, 0.6) is 0 Å². The average molecular weight is 387 g/mol. The summed E-state index contributed by atoms with van der Waals surface area (Å²) in [5.41, 5.74) is 3.73. The molecule has 2 heterocycles. The summed E-state index contributed by atoms with van der Waals surface area (Å²) in [6.45, 7) is 1.36. The quantitative estimate of drug-likeness (QED) is 0.407. The first-order chi connectivity index (χ1) is 14.1. The average Bonchev–Trinajstić information content (AvgIpc) is 2.74. The number of nitrogens with zero attached hydrogens (tertiary/aromatic N) is 2. The van der Waals surface area contributed by atoms with Crippen molar-refractivity contribution in [3.63, 3.8) is 0 Å². The Morgan fingerprint density at radius 3 is 2.48 bits per heavy atom. The molecule has 0 radical (unpaired) electrons. The van der Waals surface area contributed by atoms with Crippen LogP contribution in [0.3, 0.4) is 0 Å². The van der Waals surface area contributed by atoms with Crippen molar-refractivity contribution in [2.75, 3.05) is 18.6 Å². The van der Waals surface area contributed by atoms with Gasteiger partial charge >= 0.3 is 5.63 Å². The fraction of sp³-hybridized carbons (Fsp3) is 0.167. The standard InChI is InChI=1S/C24H23N2O3/c1-25(17-18-5-3-2-4-6-18)21-8-7-20-15-22(24(28)29-23(20)16-21)19-9-11-26(12-10-19)13-14-27/h2-12,15-16,27H,13-14,17H2,1H3/q+1. The molecule has 0 atom stereocenters. The lowest BCUT2D eigenvalue weighted by molar-refractivity contribution is -0.698. The van der Waals surface area contributed by atoms with Gasteiger partial charge in [-0.1, -0.05) is 30.3 Å². The Kier molecular flexibility index (Phi) is 5.40. The van der Waals surface area contributed by atoms with E-state index < -0.39 is 0 Å². The summed E-state index contributed by atoms with van der Waals surface area (Å²) in [5.74, 6) is 0. The lowest BCUT2D eigenvalue weighted by atomic mass is 10.1. The highest BCUT2D eigenvalue weighted by Crippen LogP contribution is 2.25. The molecular formula is C24H23N2O3+. The number of hydrogen-bond acceptors (Lipinski definition) is 4. The van der Waals surface area contributed by atoms with Gasteiger partial charge in [-0.25, -0.2) is 9.36 Å². The number of pyridine rings is 1. The molecule has 0 spiro atoms. The van der Waals surface area contributed by atoms with Crippen LogP contribution in [0.1, 0.15) is 5.56 Å². The van der Waals surface area contributed by atoms with Crippen LogP contribution in [0.4, 0.5) is 5.69 Å².